The van der Waals surface area contributed by atoms with Crippen molar-refractivity contribution in [3.63, 3.8) is 0 Å². The Labute approximate surface area is 197 Å². The molecule has 3 aromatic rings. The highest BCUT2D eigenvalue weighted by atomic mass is 19.1. The molecule has 4 rings (SSSR count). The number of nitrogens with zero attached hydrogens (tertiary/aromatic N) is 1. The van der Waals surface area contributed by atoms with Crippen LogP contribution < -0.4 is 10.9 Å². The fourth-order valence-electron chi connectivity index (χ4n) is 4.48. The van der Waals surface area contributed by atoms with Crippen molar-refractivity contribution in [3.8, 4) is 0 Å². The van der Waals surface area contributed by atoms with Gasteiger partial charge in [0.1, 0.15) is 11.4 Å². The summed E-state index contributed by atoms with van der Waals surface area (Å²) in [6.45, 7) is 0.212. The monoisotopic (exact) mass is 462 g/mol. The number of carbonyl (C=O) groups excluding carboxylic acids is 1. The molecule has 0 saturated heterocycles. The summed E-state index contributed by atoms with van der Waals surface area (Å²) in [5.41, 5.74) is 2.43. The summed E-state index contributed by atoms with van der Waals surface area (Å²) in [6, 6.07) is 14.7. The number of aliphatic carboxylic acids is 1. The van der Waals surface area contributed by atoms with E-state index < -0.39 is 23.5 Å². The van der Waals surface area contributed by atoms with Crippen molar-refractivity contribution in [3.05, 3.63) is 105 Å². The Morgan fingerprint density at radius 1 is 0.971 bits per heavy atom. The summed E-state index contributed by atoms with van der Waals surface area (Å²) in [5.74, 6) is -2.29. The summed E-state index contributed by atoms with van der Waals surface area (Å²) in [4.78, 5) is 38.6. The van der Waals surface area contributed by atoms with E-state index >= 15 is 0 Å². The zero-order chi connectivity index (χ0) is 24.1. The van der Waals surface area contributed by atoms with Crippen LogP contribution in [0.3, 0.4) is 0 Å². The van der Waals surface area contributed by atoms with Crippen LogP contribution in [0.4, 0.5) is 4.39 Å². The Kier molecular flexibility index (Phi) is 7.21. The van der Waals surface area contributed by atoms with Crippen LogP contribution in [0.2, 0.25) is 0 Å². The SMILES string of the molecule is O=C(N[C@@H](C(=O)O)c1ccccc1)c1cc2c(n(Cc3ccc(F)cc3)c1=O)CCCCCC2. The van der Waals surface area contributed by atoms with Crippen molar-refractivity contribution < 1.29 is 19.1 Å². The number of fused-ring (bicyclic) bond motifs is 1. The molecule has 0 spiro atoms. The van der Waals surface area contributed by atoms with Gasteiger partial charge in [-0.05, 0) is 60.6 Å². The molecule has 0 aliphatic heterocycles. The molecule has 0 saturated carbocycles. The van der Waals surface area contributed by atoms with Crippen molar-refractivity contribution in [1.82, 2.24) is 9.88 Å². The number of aryl methyl sites for hydroxylation is 1. The van der Waals surface area contributed by atoms with Crippen LogP contribution in [0, 0.1) is 5.82 Å². The number of pyridine rings is 1. The second-order valence-electron chi connectivity index (χ2n) is 8.62. The standard InChI is InChI=1S/C27H27FN2O4/c28-21-14-12-18(13-15-21)17-30-23-11-7-2-1-4-10-20(23)16-22(26(30)32)25(31)29-24(27(33)34)19-8-5-3-6-9-19/h3,5-6,8-9,12-16,24H,1-2,4,7,10-11,17H2,(H,29,31)(H,33,34)/t24-/m1/s1. The Morgan fingerprint density at radius 2 is 1.65 bits per heavy atom. The van der Waals surface area contributed by atoms with Crippen LogP contribution in [0.25, 0.3) is 0 Å². The molecular formula is C27H27FN2O4. The number of carboxylic acids is 1. The fraction of sp³-hybridized carbons (Fsp3) is 0.296. The van der Waals surface area contributed by atoms with Gasteiger partial charge in [0.15, 0.2) is 6.04 Å². The van der Waals surface area contributed by atoms with Crippen molar-refractivity contribution >= 4 is 11.9 Å². The Morgan fingerprint density at radius 3 is 2.32 bits per heavy atom. The first-order chi connectivity index (χ1) is 16.4. The average molecular weight is 463 g/mol. The second kappa shape index (κ2) is 10.5. The van der Waals surface area contributed by atoms with Gasteiger partial charge in [-0.15, -0.1) is 0 Å². The normalized spacial score (nSPS) is 14.4. The van der Waals surface area contributed by atoms with E-state index in [0.29, 0.717) is 5.56 Å². The molecule has 0 fully saturated rings. The smallest absolute Gasteiger partial charge is 0.330 e. The maximum absolute atomic E-state index is 13.5. The maximum Gasteiger partial charge on any atom is 0.330 e. The summed E-state index contributed by atoms with van der Waals surface area (Å²) in [7, 11) is 0. The summed E-state index contributed by atoms with van der Waals surface area (Å²) in [6.07, 6.45) is 5.49. The van der Waals surface area contributed by atoms with E-state index in [0.717, 1.165) is 55.3 Å². The summed E-state index contributed by atoms with van der Waals surface area (Å²) in [5, 5.41) is 12.2. The quantitative estimate of drug-likeness (QED) is 0.573. The molecule has 176 valence electrons. The molecule has 6 nitrogen and oxygen atoms in total. The highest BCUT2D eigenvalue weighted by Gasteiger charge is 2.26. The molecule has 1 amide bonds. The van der Waals surface area contributed by atoms with Gasteiger partial charge in [-0.2, -0.15) is 0 Å². The van der Waals surface area contributed by atoms with E-state index in [1.165, 1.54) is 12.1 Å². The molecule has 0 radical (unpaired) electrons. The minimum absolute atomic E-state index is 0.0800. The lowest BCUT2D eigenvalue weighted by molar-refractivity contribution is -0.139. The van der Waals surface area contributed by atoms with Gasteiger partial charge in [-0.1, -0.05) is 55.3 Å². The third-order valence-corrected chi connectivity index (χ3v) is 6.25. The van der Waals surface area contributed by atoms with Crippen LogP contribution in [-0.4, -0.2) is 21.6 Å². The molecule has 1 aliphatic rings. The molecule has 2 aromatic carbocycles. The minimum atomic E-state index is -1.28. The Bertz CT molecular complexity index is 1240. The number of carboxylic acid groups (broad SMARTS) is 1. The van der Waals surface area contributed by atoms with Crippen LogP contribution in [0.15, 0.2) is 65.5 Å². The van der Waals surface area contributed by atoms with Crippen molar-refractivity contribution in [1.29, 1.82) is 0 Å². The van der Waals surface area contributed by atoms with Gasteiger partial charge in [-0.25, -0.2) is 9.18 Å². The predicted octanol–water partition coefficient (Wildman–Crippen LogP) is 4.25. The zero-order valence-electron chi connectivity index (χ0n) is 18.8. The van der Waals surface area contributed by atoms with Gasteiger partial charge < -0.3 is 15.0 Å². The third kappa shape index (κ3) is 5.25. The molecule has 1 aliphatic carbocycles. The molecule has 1 atom stereocenters. The highest BCUT2D eigenvalue weighted by Crippen LogP contribution is 2.22. The number of aromatic nitrogens is 1. The molecule has 0 bridgehead atoms. The van der Waals surface area contributed by atoms with Crippen molar-refractivity contribution in [2.24, 2.45) is 0 Å². The number of hydrogen-bond donors (Lipinski definition) is 2. The first-order valence-electron chi connectivity index (χ1n) is 11.5. The first kappa shape index (κ1) is 23.4. The number of halogens is 1. The van der Waals surface area contributed by atoms with Crippen LogP contribution in [-0.2, 0) is 24.2 Å². The number of amides is 1. The van der Waals surface area contributed by atoms with Crippen LogP contribution in [0.1, 0.15) is 64.5 Å². The van der Waals surface area contributed by atoms with Gasteiger partial charge in [0.2, 0.25) is 0 Å². The summed E-state index contributed by atoms with van der Waals surface area (Å²) >= 11 is 0. The van der Waals surface area contributed by atoms with E-state index in [1.807, 2.05) is 0 Å². The number of carbonyl (C=O) groups is 2. The van der Waals surface area contributed by atoms with Crippen LogP contribution >= 0.6 is 0 Å². The fourth-order valence-corrected chi connectivity index (χ4v) is 4.48. The molecule has 34 heavy (non-hydrogen) atoms. The van der Waals surface area contributed by atoms with Crippen molar-refractivity contribution in [2.45, 2.75) is 51.1 Å². The molecule has 2 N–H and O–H groups in total. The first-order valence-corrected chi connectivity index (χ1v) is 11.5. The Balaban J connectivity index is 1.75. The third-order valence-electron chi connectivity index (χ3n) is 6.25. The molecule has 0 unspecified atom stereocenters. The molecular weight excluding hydrogens is 435 g/mol. The highest BCUT2D eigenvalue weighted by molar-refractivity contribution is 5.96. The number of rotatable bonds is 6. The largest absolute Gasteiger partial charge is 0.479 e. The van der Waals surface area contributed by atoms with E-state index in [9.17, 15) is 23.9 Å². The second-order valence-corrected chi connectivity index (χ2v) is 8.62. The predicted molar refractivity (Wildman–Crippen MR) is 126 cm³/mol. The molecule has 1 aromatic heterocycles. The maximum atomic E-state index is 13.5. The van der Waals surface area contributed by atoms with E-state index in [1.54, 1.807) is 53.1 Å². The number of nitrogens with one attached hydrogen (secondary N) is 1. The van der Waals surface area contributed by atoms with E-state index in [4.69, 9.17) is 0 Å². The molecule has 7 heteroatoms. The van der Waals surface area contributed by atoms with Gasteiger partial charge in [-0.3, -0.25) is 9.59 Å². The van der Waals surface area contributed by atoms with Gasteiger partial charge in [0, 0.05) is 5.69 Å². The zero-order valence-corrected chi connectivity index (χ0v) is 18.8. The molecule has 1 heterocycles. The van der Waals surface area contributed by atoms with Gasteiger partial charge >= 0.3 is 5.97 Å². The van der Waals surface area contributed by atoms with E-state index in [2.05, 4.69) is 5.32 Å². The lowest BCUT2D eigenvalue weighted by atomic mass is 9.95. The Hall–Kier alpha value is -3.74. The lowest BCUT2D eigenvalue weighted by Gasteiger charge is -2.22. The number of hydrogen-bond acceptors (Lipinski definition) is 3. The van der Waals surface area contributed by atoms with E-state index in [-0.39, 0.29) is 17.9 Å². The lowest BCUT2D eigenvalue weighted by Crippen LogP contribution is -2.39. The summed E-state index contributed by atoms with van der Waals surface area (Å²) < 4.78 is 15.0. The van der Waals surface area contributed by atoms with Crippen molar-refractivity contribution in [2.75, 3.05) is 0 Å². The minimum Gasteiger partial charge on any atom is -0.479 e. The van der Waals surface area contributed by atoms with Gasteiger partial charge in [0.05, 0.1) is 6.54 Å². The topological polar surface area (TPSA) is 88.4 Å². The number of benzene rings is 2. The average Bonchev–Trinajstić information content (AvgIpc) is 2.81. The van der Waals surface area contributed by atoms with Crippen LogP contribution in [0.5, 0.6) is 0 Å². The van der Waals surface area contributed by atoms with Gasteiger partial charge in [0.25, 0.3) is 11.5 Å².